The van der Waals surface area contributed by atoms with E-state index >= 15 is 0 Å². The van der Waals surface area contributed by atoms with E-state index in [4.69, 9.17) is 28.2 Å². The van der Waals surface area contributed by atoms with Crippen LogP contribution in [0.2, 0.25) is 10.0 Å². The lowest BCUT2D eigenvalue weighted by atomic mass is 9.92. The third-order valence-corrected chi connectivity index (χ3v) is 8.23. The number of aromatic nitrogens is 1. The third-order valence-electron chi connectivity index (χ3n) is 6.72. The van der Waals surface area contributed by atoms with E-state index in [1.165, 1.54) is 27.1 Å². The molecule has 5 rings (SSSR count). The van der Waals surface area contributed by atoms with Crippen molar-refractivity contribution in [3.63, 3.8) is 0 Å². The molecule has 0 saturated heterocycles. The molecule has 0 radical (unpaired) electrons. The Bertz CT molecular complexity index is 1490. The highest BCUT2D eigenvalue weighted by molar-refractivity contribution is 7.80. The van der Waals surface area contributed by atoms with Gasteiger partial charge in [-0.25, -0.2) is 8.60 Å². The normalized spacial score (nSPS) is 16.4. The van der Waals surface area contributed by atoms with Crippen molar-refractivity contribution in [2.24, 2.45) is 18.0 Å². The van der Waals surface area contributed by atoms with Gasteiger partial charge in [-0.1, -0.05) is 36.0 Å². The number of aryl methyl sites for hydroxylation is 1. The average molecular weight is 548 g/mol. The largest absolute Gasteiger partial charge is 0.318 e. The van der Waals surface area contributed by atoms with Crippen LogP contribution in [0.4, 0.5) is 10.1 Å². The van der Waals surface area contributed by atoms with Gasteiger partial charge in [0.1, 0.15) is 5.82 Å². The molecular weight excluding hydrogens is 524 g/mol. The highest BCUT2D eigenvalue weighted by Crippen LogP contribution is 2.42. The third kappa shape index (κ3) is 4.75. The first-order chi connectivity index (χ1) is 17.1. The molecular formula is C26H24Cl2FN3O3S. The molecule has 1 aliphatic heterocycles. The lowest BCUT2D eigenvalue weighted by Crippen LogP contribution is -2.35. The van der Waals surface area contributed by atoms with Gasteiger partial charge in [-0.3, -0.25) is 18.6 Å². The van der Waals surface area contributed by atoms with Crippen LogP contribution in [0.1, 0.15) is 42.9 Å². The summed E-state index contributed by atoms with van der Waals surface area (Å²) >= 11 is 10.9. The maximum absolute atomic E-state index is 13.8. The Morgan fingerprint density at radius 1 is 1.14 bits per heavy atom. The summed E-state index contributed by atoms with van der Waals surface area (Å²) in [6.07, 6.45) is 4.75. The van der Waals surface area contributed by atoms with Crippen LogP contribution in [-0.4, -0.2) is 25.1 Å². The van der Waals surface area contributed by atoms with Crippen molar-refractivity contribution >= 4 is 45.9 Å². The van der Waals surface area contributed by atoms with E-state index in [0.29, 0.717) is 39.6 Å². The number of benzene rings is 2. The summed E-state index contributed by atoms with van der Waals surface area (Å²) in [6.45, 7) is 2.11. The number of anilines is 1. The Balaban J connectivity index is 1.75. The molecule has 0 amide bonds. The van der Waals surface area contributed by atoms with Gasteiger partial charge >= 0.3 is 0 Å². The molecule has 1 saturated carbocycles. The number of nitrogens with zero attached hydrogens (tertiary/aromatic N) is 3. The summed E-state index contributed by atoms with van der Waals surface area (Å²) in [5.74, 6) is 0.0730. The zero-order valence-electron chi connectivity index (χ0n) is 19.7. The Labute approximate surface area is 220 Å². The fourth-order valence-corrected chi connectivity index (χ4v) is 6.03. The summed E-state index contributed by atoms with van der Waals surface area (Å²) in [7, 11) is 1.66. The number of rotatable bonds is 6. The number of aliphatic imine (C=N–C) groups is 1. The van der Waals surface area contributed by atoms with Crippen molar-refractivity contribution < 1.29 is 13.2 Å². The Hall–Kier alpha value is -2.52. The van der Waals surface area contributed by atoms with Crippen LogP contribution in [0.25, 0.3) is 11.1 Å². The monoisotopic (exact) mass is 547 g/mol. The molecule has 2 heterocycles. The molecule has 188 valence electrons. The zero-order chi connectivity index (χ0) is 25.7. The van der Waals surface area contributed by atoms with Gasteiger partial charge in [0.05, 0.1) is 28.0 Å². The van der Waals surface area contributed by atoms with Gasteiger partial charge in [-0.05, 0) is 60.7 Å². The van der Waals surface area contributed by atoms with Crippen LogP contribution in [0.5, 0.6) is 0 Å². The molecule has 1 aliphatic carbocycles. The molecule has 3 aromatic rings. The fourth-order valence-electron chi connectivity index (χ4n) is 4.76. The first kappa shape index (κ1) is 25.1. The Morgan fingerprint density at radius 3 is 2.56 bits per heavy atom. The number of fused-ring (bicyclic) bond motifs is 3. The maximum atomic E-state index is 13.8. The van der Waals surface area contributed by atoms with Crippen molar-refractivity contribution in [1.29, 1.82) is 0 Å². The van der Waals surface area contributed by atoms with Gasteiger partial charge in [0, 0.05) is 42.0 Å². The number of halogens is 3. The standard InChI is InChI=1S/C26H24Cl2FN3O3S/c1-14(7-15-3-4-15)32(36(34)35)24-11-19-20(10-23(24)28)26(18-6-5-17(29)9-22(18)27)30-12-16-8-25(33)31(2)13-21(16)19/h5-6,8-11,13-15H,3-4,7,12H2,1-2H3,(H,34,35). The van der Waals surface area contributed by atoms with Crippen LogP contribution < -0.4 is 9.86 Å². The zero-order valence-corrected chi connectivity index (χ0v) is 22.0. The maximum Gasteiger partial charge on any atom is 0.262 e. The van der Waals surface area contributed by atoms with Crippen LogP contribution in [0.3, 0.4) is 0 Å². The molecule has 2 aliphatic rings. The predicted octanol–water partition coefficient (Wildman–Crippen LogP) is 5.98. The van der Waals surface area contributed by atoms with Crippen molar-refractivity contribution in [1.82, 2.24) is 4.57 Å². The molecule has 6 nitrogen and oxygen atoms in total. The Kier molecular flexibility index (Phi) is 6.80. The topological polar surface area (TPSA) is 74.9 Å². The van der Waals surface area contributed by atoms with Crippen LogP contribution in [-0.2, 0) is 24.9 Å². The molecule has 1 N–H and O–H groups in total. The SMILES string of the molecule is CC(CC1CC1)N(c1cc2c(cc1Cl)C(c1ccc(F)cc1Cl)=NCc1cc(=O)n(C)cc1-2)S(=O)O. The quantitative estimate of drug-likeness (QED) is 0.385. The molecule has 2 atom stereocenters. The molecule has 1 fully saturated rings. The fraction of sp³-hybridized carbons (Fsp3) is 0.308. The van der Waals surface area contributed by atoms with Crippen LogP contribution >= 0.6 is 23.2 Å². The van der Waals surface area contributed by atoms with E-state index in [9.17, 15) is 17.9 Å². The van der Waals surface area contributed by atoms with E-state index in [1.807, 2.05) is 6.92 Å². The number of hydrogen-bond donors (Lipinski definition) is 1. The number of pyridine rings is 1. The van der Waals surface area contributed by atoms with E-state index in [1.54, 1.807) is 31.4 Å². The number of hydrogen-bond acceptors (Lipinski definition) is 3. The second-order valence-electron chi connectivity index (χ2n) is 9.38. The van der Waals surface area contributed by atoms with Gasteiger partial charge in [-0.15, -0.1) is 0 Å². The van der Waals surface area contributed by atoms with Gasteiger partial charge in [0.2, 0.25) is 0 Å². The van der Waals surface area contributed by atoms with E-state index in [0.717, 1.165) is 24.8 Å². The lowest BCUT2D eigenvalue weighted by molar-refractivity contribution is 0.534. The molecule has 36 heavy (non-hydrogen) atoms. The van der Waals surface area contributed by atoms with Crippen molar-refractivity contribution in [3.8, 4) is 11.1 Å². The predicted molar refractivity (Wildman–Crippen MR) is 143 cm³/mol. The molecule has 1 aromatic heterocycles. The summed E-state index contributed by atoms with van der Waals surface area (Å²) in [5, 5.41) is 0.468. The molecule has 0 bridgehead atoms. The van der Waals surface area contributed by atoms with Crippen LogP contribution in [0, 0.1) is 11.7 Å². The minimum Gasteiger partial charge on any atom is -0.318 e. The smallest absolute Gasteiger partial charge is 0.262 e. The Morgan fingerprint density at radius 2 is 1.89 bits per heavy atom. The molecule has 2 unspecified atom stereocenters. The van der Waals surface area contributed by atoms with Crippen LogP contribution in [0.15, 0.2) is 52.4 Å². The summed E-state index contributed by atoms with van der Waals surface area (Å²) < 4.78 is 39.4. The van der Waals surface area contributed by atoms with Crippen molar-refractivity contribution in [2.75, 3.05) is 4.31 Å². The summed E-state index contributed by atoms with van der Waals surface area (Å²) in [5.41, 5.74) is 4.02. The van der Waals surface area contributed by atoms with Gasteiger partial charge < -0.3 is 4.57 Å². The first-order valence-electron chi connectivity index (χ1n) is 11.6. The second kappa shape index (κ2) is 9.74. The molecule has 10 heteroatoms. The highest BCUT2D eigenvalue weighted by atomic mass is 35.5. The van der Waals surface area contributed by atoms with Gasteiger partial charge in [0.15, 0.2) is 0 Å². The minimum atomic E-state index is -2.30. The second-order valence-corrected chi connectivity index (χ2v) is 11.1. The molecule has 0 spiro atoms. The van der Waals surface area contributed by atoms with Gasteiger partial charge in [-0.2, -0.15) is 0 Å². The lowest BCUT2D eigenvalue weighted by Gasteiger charge is -2.29. The molecule has 2 aromatic carbocycles. The van der Waals surface area contributed by atoms with Crippen molar-refractivity contribution in [2.45, 2.75) is 38.8 Å². The van der Waals surface area contributed by atoms with E-state index < -0.39 is 17.1 Å². The average Bonchev–Trinajstić information content (AvgIpc) is 3.63. The highest BCUT2D eigenvalue weighted by Gasteiger charge is 2.31. The summed E-state index contributed by atoms with van der Waals surface area (Å²) in [6, 6.07) is 8.88. The minimum absolute atomic E-state index is 0.181. The first-order valence-corrected chi connectivity index (χ1v) is 13.4. The summed E-state index contributed by atoms with van der Waals surface area (Å²) in [4.78, 5) is 17.2. The van der Waals surface area contributed by atoms with E-state index in [2.05, 4.69) is 0 Å². The van der Waals surface area contributed by atoms with E-state index in [-0.39, 0.29) is 28.2 Å². The van der Waals surface area contributed by atoms with Crippen molar-refractivity contribution in [3.05, 3.63) is 85.5 Å². The van der Waals surface area contributed by atoms with Gasteiger partial charge in [0.25, 0.3) is 16.8 Å².